The van der Waals surface area contributed by atoms with Crippen molar-refractivity contribution < 1.29 is 4.74 Å². The smallest absolute Gasteiger partial charge is 0.0703 e. The van der Waals surface area contributed by atoms with Gasteiger partial charge in [0.15, 0.2) is 0 Å². The second kappa shape index (κ2) is 7.49. The van der Waals surface area contributed by atoms with E-state index >= 15 is 0 Å². The summed E-state index contributed by atoms with van der Waals surface area (Å²) in [5.41, 5.74) is 0.456. The van der Waals surface area contributed by atoms with Gasteiger partial charge in [-0.2, -0.15) is 0 Å². The minimum atomic E-state index is 0.404. The highest BCUT2D eigenvalue weighted by molar-refractivity contribution is 4.84. The molecule has 0 spiro atoms. The van der Waals surface area contributed by atoms with Gasteiger partial charge in [0.05, 0.1) is 12.2 Å². The van der Waals surface area contributed by atoms with Gasteiger partial charge < -0.3 is 10.1 Å². The van der Waals surface area contributed by atoms with Crippen molar-refractivity contribution >= 4 is 0 Å². The molecule has 3 atom stereocenters. The lowest BCUT2D eigenvalue weighted by molar-refractivity contribution is -0.0668. The molecule has 1 saturated carbocycles. The lowest BCUT2D eigenvalue weighted by Crippen LogP contribution is -2.38. The molecule has 18 heavy (non-hydrogen) atoms. The van der Waals surface area contributed by atoms with Crippen molar-refractivity contribution in [1.82, 2.24) is 5.32 Å². The highest BCUT2D eigenvalue weighted by atomic mass is 16.5. The number of nitrogens with one attached hydrogen (secondary N) is 1. The Morgan fingerprint density at radius 2 is 2.00 bits per heavy atom. The highest BCUT2D eigenvalue weighted by Gasteiger charge is 2.33. The zero-order valence-electron chi connectivity index (χ0n) is 13.1. The first-order chi connectivity index (χ1) is 8.46. The molecule has 0 aliphatic heterocycles. The van der Waals surface area contributed by atoms with Gasteiger partial charge in [0.1, 0.15) is 0 Å². The SMILES string of the molecule is CCCC(CNCC)OC1CC(C)CC(C)(C)C1. The van der Waals surface area contributed by atoms with Crippen molar-refractivity contribution in [3.8, 4) is 0 Å². The summed E-state index contributed by atoms with van der Waals surface area (Å²) in [7, 11) is 0. The maximum Gasteiger partial charge on any atom is 0.0703 e. The summed E-state index contributed by atoms with van der Waals surface area (Å²) in [5, 5.41) is 3.43. The zero-order valence-corrected chi connectivity index (χ0v) is 13.1. The van der Waals surface area contributed by atoms with Crippen molar-refractivity contribution in [3.05, 3.63) is 0 Å². The molecule has 0 radical (unpaired) electrons. The molecule has 0 heterocycles. The maximum absolute atomic E-state index is 6.38. The molecule has 1 aliphatic rings. The first kappa shape index (κ1) is 16.0. The minimum absolute atomic E-state index is 0.404. The van der Waals surface area contributed by atoms with Crippen LogP contribution >= 0.6 is 0 Å². The number of likely N-dealkylation sites (N-methyl/N-ethyl adjacent to an activating group) is 1. The Morgan fingerprint density at radius 3 is 2.56 bits per heavy atom. The molecule has 0 aromatic carbocycles. The second-order valence-electron chi connectivity index (χ2n) is 6.89. The fraction of sp³-hybridized carbons (Fsp3) is 1.00. The first-order valence-electron chi connectivity index (χ1n) is 7.83. The van der Waals surface area contributed by atoms with Crippen LogP contribution in [0.5, 0.6) is 0 Å². The minimum Gasteiger partial charge on any atom is -0.374 e. The zero-order chi connectivity index (χ0) is 13.6. The second-order valence-corrected chi connectivity index (χ2v) is 6.89. The lowest BCUT2D eigenvalue weighted by Gasteiger charge is -2.40. The number of rotatable bonds is 7. The molecule has 3 unspecified atom stereocenters. The molecular weight excluding hydrogens is 222 g/mol. The predicted octanol–water partition coefficient (Wildman–Crippen LogP) is 4.00. The van der Waals surface area contributed by atoms with Gasteiger partial charge in [0, 0.05) is 6.54 Å². The van der Waals surface area contributed by atoms with Gasteiger partial charge in [-0.3, -0.25) is 0 Å². The Hall–Kier alpha value is -0.0800. The van der Waals surface area contributed by atoms with Gasteiger partial charge in [-0.25, -0.2) is 0 Å². The largest absolute Gasteiger partial charge is 0.374 e. The molecule has 2 nitrogen and oxygen atoms in total. The van der Waals surface area contributed by atoms with Crippen LogP contribution < -0.4 is 5.32 Å². The average Bonchev–Trinajstić information content (AvgIpc) is 2.23. The fourth-order valence-electron chi connectivity index (χ4n) is 3.48. The van der Waals surface area contributed by atoms with Gasteiger partial charge >= 0.3 is 0 Å². The van der Waals surface area contributed by atoms with Gasteiger partial charge in [0.25, 0.3) is 0 Å². The van der Waals surface area contributed by atoms with E-state index in [1.165, 1.54) is 32.1 Å². The molecule has 108 valence electrons. The van der Waals surface area contributed by atoms with Crippen LogP contribution in [0.2, 0.25) is 0 Å². The Morgan fingerprint density at radius 1 is 1.28 bits per heavy atom. The van der Waals surface area contributed by atoms with E-state index in [4.69, 9.17) is 4.74 Å². The Labute approximate surface area is 114 Å². The molecule has 1 aliphatic carbocycles. The number of hydrogen-bond acceptors (Lipinski definition) is 2. The van der Waals surface area contributed by atoms with Crippen LogP contribution in [0.4, 0.5) is 0 Å². The molecule has 0 aromatic heterocycles. The van der Waals surface area contributed by atoms with Crippen LogP contribution in [-0.4, -0.2) is 25.3 Å². The predicted molar refractivity (Wildman–Crippen MR) is 78.9 cm³/mol. The third kappa shape index (κ3) is 5.71. The summed E-state index contributed by atoms with van der Waals surface area (Å²) in [6, 6.07) is 0. The summed E-state index contributed by atoms with van der Waals surface area (Å²) >= 11 is 0. The Balaban J connectivity index is 2.46. The van der Waals surface area contributed by atoms with Gasteiger partial charge in [0.2, 0.25) is 0 Å². The van der Waals surface area contributed by atoms with E-state index in [0.717, 1.165) is 19.0 Å². The molecule has 0 amide bonds. The van der Waals surface area contributed by atoms with Crippen molar-refractivity contribution in [3.63, 3.8) is 0 Å². The summed E-state index contributed by atoms with van der Waals surface area (Å²) < 4.78 is 6.38. The quantitative estimate of drug-likeness (QED) is 0.742. The topological polar surface area (TPSA) is 21.3 Å². The van der Waals surface area contributed by atoms with Gasteiger partial charge in [-0.1, -0.05) is 41.0 Å². The number of ether oxygens (including phenoxy) is 1. The summed E-state index contributed by atoms with van der Waals surface area (Å²) in [5.74, 6) is 0.806. The van der Waals surface area contributed by atoms with Crippen LogP contribution in [0.15, 0.2) is 0 Å². The van der Waals surface area contributed by atoms with E-state index in [2.05, 4.69) is 39.9 Å². The molecule has 0 bridgehead atoms. The molecule has 1 fully saturated rings. The first-order valence-corrected chi connectivity index (χ1v) is 7.83. The summed E-state index contributed by atoms with van der Waals surface area (Å²) in [4.78, 5) is 0. The van der Waals surface area contributed by atoms with E-state index in [1.54, 1.807) is 0 Å². The number of hydrogen-bond donors (Lipinski definition) is 1. The molecule has 2 heteroatoms. The monoisotopic (exact) mass is 255 g/mol. The van der Waals surface area contributed by atoms with Crippen LogP contribution in [0.25, 0.3) is 0 Å². The van der Waals surface area contributed by atoms with Crippen LogP contribution in [0, 0.1) is 11.3 Å². The van der Waals surface area contributed by atoms with Crippen LogP contribution in [0.1, 0.15) is 66.7 Å². The standard InChI is InChI=1S/C16H33NO/c1-6-8-14(12-17-7-2)18-15-9-13(3)10-16(4,5)11-15/h13-15,17H,6-12H2,1-5H3. The van der Waals surface area contributed by atoms with Crippen molar-refractivity contribution in [2.75, 3.05) is 13.1 Å². The third-order valence-electron chi connectivity index (χ3n) is 3.96. The maximum atomic E-state index is 6.38. The fourth-order valence-corrected chi connectivity index (χ4v) is 3.48. The van der Waals surface area contributed by atoms with E-state index in [-0.39, 0.29) is 0 Å². The van der Waals surface area contributed by atoms with Crippen molar-refractivity contribution in [2.24, 2.45) is 11.3 Å². The molecule has 1 N–H and O–H groups in total. The molecular formula is C16H33NO. The van der Waals surface area contributed by atoms with E-state index < -0.39 is 0 Å². The van der Waals surface area contributed by atoms with E-state index in [0.29, 0.717) is 17.6 Å². The lowest BCUT2D eigenvalue weighted by atomic mass is 9.71. The Kier molecular flexibility index (Phi) is 6.65. The van der Waals surface area contributed by atoms with Gasteiger partial charge in [-0.15, -0.1) is 0 Å². The molecule has 0 aromatic rings. The van der Waals surface area contributed by atoms with E-state index in [9.17, 15) is 0 Å². The summed E-state index contributed by atoms with van der Waals surface area (Å²) in [6.07, 6.45) is 7.08. The van der Waals surface area contributed by atoms with Crippen LogP contribution in [-0.2, 0) is 4.74 Å². The van der Waals surface area contributed by atoms with Gasteiger partial charge in [-0.05, 0) is 43.6 Å². The molecule has 1 rings (SSSR count). The third-order valence-corrected chi connectivity index (χ3v) is 3.96. The van der Waals surface area contributed by atoms with E-state index in [1.807, 2.05) is 0 Å². The average molecular weight is 255 g/mol. The van der Waals surface area contributed by atoms with Crippen LogP contribution in [0.3, 0.4) is 0 Å². The Bertz CT molecular complexity index is 227. The molecule has 0 saturated heterocycles. The van der Waals surface area contributed by atoms with Crippen molar-refractivity contribution in [2.45, 2.75) is 78.9 Å². The summed E-state index contributed by atoms with van der Waals surface area (Å²) in [6.45, 7) is 13.6. The highest BCUT2D eigenvalue weighted by Crippen LogP contribution is 2.40. The van der Waals surface area contributed by atoms with Crippen molar-refractivity contribution in [1.29, 1.82) is 0 Å². The normalized spacial score (nSPS) is 29.2.